The van der Waals surface area contributed by atoms with Gasteiger partial charge in [0.25, 0.3) is 0 Å². The lowest BCUT2D eigenvalue weighted by Crippen LogP contribution is -2.44. The first-order valence-electron chi connectivity index (χ1n) is 10.5. The predicted molar refractivity (Wildman–Crippen MR) is 130 cm³/mol. The van der Waals surface area contributed by atoms with Gasteiger partial charge in [-0.2, -0.15) is 18.4 Å². The number of carbonyl (C=O) groups is 3. The molecular formula is C24H19ClF3N3O5S. The Labute approximate surface area is 218 Å². The molecule has 0 saturated heterocycles. The Morgan fingerprint density at radius 3 is 2.43 bits per heavy atom. The van der Waals surface area contributed by atoms with Crippen LogP contribution in [0.3, 0.4) is 0 Å². The van der Waals surface area contributed by atoms with Crippen LogP contribution in [0.2, 0.25) is 5.02 Å². The number of thioether (sulfide) groups is 1. The van der Waals surface area contributed by atoms with Crippen LogP contribution in [0, 0.1) is 17.2 Å². The zero-order valence-electron chi connectivity index (χ0n) is 19.3. The van der Waals surface area contributed by atoms with Crippen molar-refractivity contribution < 1.29 is 37.0 Å². The SMILES string of the molecule is COC(=O)C1C(=O)NC(SCC(=O)Nc2ccc(Cl)c(C(F)(F)F)c2)=C(C#N)C1c1ccc(OC)cc1. The van der Waals surface area contributed by atoms with E-state index in [0.29, 0.717) is 17.4 Å². The van der Waals surface area contributed by atoms with E-state index in [1.807, 2.05) is 6.07 Å². The Hall–Kier alpha value is -3.69. The molecule has 3 rings (SSSR count). The molecule has 2 amide bonds. The van der Waals surface area contributed by atoms with E-state index in [2.05, 4.69) is 10.6 Å². The molecule has 1 aliphatic heterocycles. The molecule has 0 radical (unpaired) electrons. The van der Waals surface area contributed by atoms with Gasteiger partial charge in [-0.05, 0) is 35.9 Å². The molecule has 0 bridgehead atoms. The van der Waals surface area contributed by atoms with Gasteiger partial charge in [-0.1, -0.05) is 35.5 Å². The Kier molecular flexibility index (Phi) is 8.73. The number of ether oxygens (including phenoxy) is 2. The molecule has 2 unspecified atom stereocenters. The zero-order valence-corrected chi connectivity index (χ0v) is 20.9. The van der Waals surface area contributed by atoms with Crippen LogP contribution in [-0.4, -0.2) is 37.8 Å². The average Bonchev–Trinajstić information content (AvgIpc) is 2.87. The average molecular weight is 554 g/mol. The summed E-state index contributed by atoms with van der Waals surface area (Å²) in [4.78, 5) is 37.8. The number of carbonyl (C=O) groups excluding carboxylic acids is 3. The summed E-state index contributed by atoms with van der Waals surface area (Å²) in [6.07, 6.45) is -4.71. The molecule has 2 N–H and O–H groups in total. The molecule has 8 nitrogen and oxygen atoms in total. The van der Waals surface area contributed by atoms with Crippen molar-refractivity contribution in [1.29, 1.82) is 5.26 Å². The van der Waals surface area contributed by atoms with E-state index in [9.17, 15) is 32.8 Å². The first kappa shape index (κ1) is 27.9. The van der Waals surface area contributed by atoms with Crippen molar-refractivity contribution in [2.45, 2.75) is 12.1 Å². The molecule has 0 aromatic heterocycles. The Bertz CT molecular complexity index is 1290. The molecule has 0 spiro atoms. The zero-order chi connectivity index (χ0) is 27.3. The molecule has 1 heterocycles. The summed E-state index contributed by atoms with van der Waals surface area (Å²) in [6, 6.07) is 11.3. The first-order chi connectivity index (χ1) is 17.5. The fourth-order valence-corrected chi connectivity index (χ4v) is 4.72. The minimum Gasteiger partial charge on any atom is -0.497 e. The molecule has 37 heavy (non-hydrogen) atoms. The number of rotatable bonds is 7. The third-order valence-electron chi connectivity index (χ3n) is 5.36. The third kappa shape index (κ3) is 6.36. The number of allylic oxidation sites excluding steroid dienone is 1. The lowest BCUT2D eigenvalue weighted by Gasteiger charge is -2.31. The lowest BCUT2D eigenvalue weighted by atomic mass is 9.78. The van der Waals surface area contributed by atoms with Crippen molar-refractivity contribution in [2.75, 3.05) is 25.3 Å². The number of hydrogen-bond acceptors (Lipinski definition) is 7. The van der Waals surface area contributed by atoms with E-state index in [0.717, 1.165) is 24.9 Å². The Morgan fingerprint density at radius 2 is 1.86 bits per heavy atom. The van der Waals surface area contributed by atoms with E-state index in [-0.39, 0.29) is 22.0 Å². The standard InChI is InChI=1S/C24H19ClF3N3O5S/c1-35-14-6-3-12(4-7-14)19-15(10-29)22(31-21(33)20(19)23(34)36-2)37-11-18(32)30-13-5-8-17(25)16(9-13)24(26,27)28/h3-9,19-20H,11H2,1-2H3,(H,30,32)(H,31,33). The van der Waals surface area contributed by atoms with Crippen LogP contribution in [0.4, 0.5) is 18.9 Å². The number of nitriles is 1. The maximum Gasteiger partial charge on any atom is 0.417 e. The third-order valence-corrected chi connectivity index (χ3v) is 6.71. The highest BCUT2D eigenvalue weighted by molar-refractivity contribution is 8.03. The second kappa shape index (κ2) is 11.6. The van der Waals surface area contributed by atoms with E-state index in [1.54, 1.807) is 24.3 Å². The summed E-state index contributed by atoms with van der Waals surface area (Å²) in [5.74, 6) is -4.49. The predicted octanol–water partition coefficient (Wildman–Crippen LogP) is 4.48. The van der Waals surface area contributed by atoms with E-state index < -0.39 is 46.4 Å². The summed E-state index contributed by atoms with van der Waals surface area (Å²) in [6.45, 7) is 0. The molecule has 0 fully saturated rings. The summed E-state index contributed by atoms with van der Waals surface area (Å²) in [7, 11) is 2.58. The van der Waals surface area contributed by atoms with Crippen molar-refractivity contribution in [1.82, 2.24) is 5.32 Å². The largest absolute Gasteiger partial charge is 0.497 e. The van der Waals surface area contributed by atoms with E-state index in [1.165, 1.54) is 13.2 Å². The van der Waals surface area contributed by atoms with Crippen LogP contribution >= 0.6 is 23.4 Å². The first-order valence-corrected chi connectivity index (χ1v) is 11.8. The number of anilines is 1. The maximum absolute atomic E-state index is 13.1. The number of halogens is 4. The molecule has 2 aromatic carbocycles. The van der Waals surface area contributed by atoms with Crippen LogP contribution in [0.5, 0.6) is 5.75 Å². The molecule has 2 aromatic rings. The summed E-state index contributed by atoms with van der Waals surface area (Å²) < 4.78 is 49.2. The smallest absolute Gasteiger partial charge is 0.417 e. The van der Waals surface area contributed by atoms with E-state index >= 15 is 0 Å². The molecule has 0 saturated carbocycles. The molecule has 0 aliphatic carbocycles. The fraction of sp³-hybridized carbons (Fsp3) is 0.250. The lowest BCUT2D eigenvalue weighted by molar-refractivity contribution is -0.150. The van der Waals surface area contributed by atoms with Crippen molar-refractivity contribution in [3.63, 3.8) is 0 Å². The van der Waals surface area contributed by atoms with Crippen molar-refractivity contribution in [3.05, 3.63) is 69.2 Å². The van der Waals surface area contributed by atoms with Crippen LogP contribution in [-0.2, 0) is 25.3 Å². The number of esters is 1. The Balaban J connectivity index is 1.87. The van der Waals surface area contributed by atoms with Gasteiger partial charge in [0.2, 0.25) is 11.8 Å². The number of alkyl halides is 3. The normalized spacial score (nSPS) is 17.5. The van der Waals surface area contributed by atoms with Crippen molar-refractivity contribution in [3.8, 4) is 11.8 Å². The molecular weight excluding hydrogens is 535 g/mol. The molecule has 2 atom stereocenters. The van der Waals surface area contributed by atoms with Gasteiger partial charge in [0.15, 0.2) is 0 Å². The highest BCUT2D eigenvalue weighted by Crippen LogP contribution is 2.41. The van der Waals surface area contributed by atoms with Crippen LogP contribution in [0.1, 0.15) is 17.0 Å². The van der Waals surface area contributed by atoms with Gasteiger partial charge in [0, 0.05) is 11.6 Å². The van der Waals surface area contributed by atoms with Gasteiger partial charge in [-0.15, -0.1) is 0 Å². The number of nitrogens with one attached hydrogen (secondary N) is 2. The minimum atomic E-state index is -4.71. The molecule has 13 heteroatoms. The van der Waals surface area contributed by atoms with Crippen LogP contribution in [0.25, 0.3) is 0 Å². The quantitative estimate of drug-likeness (QED) is 0.383. The van der Waals surface area contributed by atoms with Crippen molar-refractivity contribution >= 4 is 46.8 Å². The number of hydrogen-bond donors (Lipinski definition) is 2. The number of benzene rings is 2. The van der Waals surface area contributed by atoms with Gasteiger partial charge >= 0.3 is 12.1 Å². The Morgan fingerprint density at radius 1 is 1.19 bits per heavy atom. The summed E-state index contributed by atoms with van der Waals surface area (Å²) in [5, 5.41) is 14.2. The second-order valence-corrected chi connectivity index (χ2v) is 9.02. The minimum absolute atomic E-state index is 0.0174. The van der Waals surface area contributed by atoms with Gasteiger partial charge in [0.05, 0.1) is 47.2 Å². The highest BCUT2D eigenvalue weighted by Gasteiger charge is 2.44. The van der Waals surface area contributed by atoms with Crippen LogP contribution in [0.15, 0.2) is 53.1 Å². The van der Waals surface area contributed by atoms with Gasteiger partial charge < -0.3 is 20.1 Å². The highest BCUT2D eigenvalue weighted by atomic mass is 35.5. The fourth-order valence-electron chi connectivity index (χ4n) is 3.65. The maximum atomic E-state index is 13.1. The van der Waals surface area contributed by atoms with Gasteiger partial charge in [-0.3, -0.25) is 14.4 Å². The number of nitrogens with zero attached hydrogens (tertiary/aromatic N) is 1. The van der Waals surface area contributed by atoms with Crippen molar-refractivity contribution in [2.24, 2.45) is 5.92 Å². The number of amides is 2. The molecule has 1 aliphatic rings. The summed E-state index contributed by atoms with van der Waals surface area (Å²) in [5.41, 5.74) is -0.758. The van der Waals surface area contributed by atoms with E-state index in [4.69, 9.17) is 21.1 Å². The van der Waals surface area contributed by atoms with Crippen LogP contribution < -0.4 is 15.4 Å². The van der Waals surface area contributed by atoms with Gasteiger partial charge in [-0.25, -0.2) is 0 Å². The molecule has 194 valence electrons. The topological polar surface area (TPSA) is 118 Å². The summed E-state index contributed by atoms with van der Waals surface area (Å²) >= 11 is 6.39. The monoisotopic (exact) mass is 553 g/mol. The van der Waals surface area contributed by atoms with Gasteiger partial charge in [0.1, 0.15) is 11.7 Å². The number of methoxy groups -OCH3 is 2. The second-order valence-electron chi connectivity index (χ2n) is 7.62.